The molecule has 6 aliphatic carbocycles. The van der Waals surface area contributed by atoms with E-state index in [-0.39, 0.29) is 82.7 Å². The fourth-order valence-corrected chi connectivity index (χ4v) is 10.9. The molecule has 9 fully saturated rings. The number of halogens is 6. The number of ether oxygens (including phenoxy) is 6. The molecule has 0 aromatic heterocycles. The van der Waals surface area contributed by atoms with E-state index in [4.69, 9.17) is 28.4 Å². The maximum atomic E-state index is 13.4. The van der Waals surface area contributed by atoms with Gasteiger partial charge in [0.15, 0.2) is 5.41 Å². The van der Waals surface area contributed by atoms with Gasteiger partial charge in [0.25, 0.3) is 0 Å². The first kappa shape index (κ1) is 40.6. The highest BCUT2D eigenvalue weighted by atomic mass is 19.4. The topological polar surface area (TPSA) is 158 Å². The highest BCUT2D eigenvalue weighted by Crippen LogP contribution is 2.64. The van der Waals surface area contributed by atoms with Gasteiger partial charge in [0.2, 0.25) is 5.67 Å². The summed E-state index contributed by atoms with van der Waals surface area (Å²) in [5.74, 6) is -8.20. The highest BCUT2D eigenvalue weighted by molar-refractivity contribution is 5.81. The first-order valence-electron chi connectivity index (χ1n) is 19.0. The molecule has 3 aliphatic heterocycles. The summed E-state index contributed by atoms with van der Waals surface area (Å²) in [5, 5.41) is 0. The van der Waals surface area contributed by atoms with Gasteiger partial charge in [0.1, 0.15) is 36.6 Å². The standard InChI is InChI=1S/C13H15F3O4.C13H16F2O4.C12H15FO4/c1-12(2,13(14,15)16)11(18)20-8-5-3-6-7(4-5)10(17)19-9(6)8;1-12(2)6-4-5-7(12)10(16)18-8(5)9(6)19-11(17)13(3,14)15;1-12(2,13)11(15)17-8-5-3-6-7(4-5)10(14)16-9(6)8/h5-9H,3-4H2,1-2H3;5-9H,4H2,1-3H3;5-9H,3-4H2,1-2H3. The van der Waals surface area contributed by atoms with E-state index in [2.05, 4.69) is 0 Å². The SMILES string of the molecule is CC(C)(C(=O)OC1C2CC3C(=O)OC1C3C2)C(F)(F)F.CC(C)(F)C(=O)OC1C2CC3C(=O)OC1C3C2.CC(F)(F)C(=O)OC1C2OC(=O)C3C2CC1C3(C)C. The number of alkyl halides is 6. The molecule has 56 heavy (non-hydrogen) atoms. The van der Waals surface area contributed by atoms with Gasteiger partial charge in [0, 0.05) is 42.4 Å². The van der Waals surface area contributed by atoms with Crippen molar-refractivity contribution >= 4 is 35.8 Å². The predicted molar refractivity (Wildman–Crippen MR) is 173 cm³/mol. The van der Waals surface area contributed by atoms with Gasteiger partial charge in [-0.05, 0) is 65.2 Å². The smallest absolute Gasteiger partial charge is 0.404 e. The third-order valence-electron chi connectivity index (χ3n) is 14.0. The van der Waals surface area contributed by atoms with Crippen LogP contribution in [-0.2, 0) is 57.2 Å². The van der Waals surface area contributed by atoms with Crippen molar-refractivity contribution in [2.45, 2.75) is 135 Å². The minimum Gasteiger partial charge on any atom is -0.458 e. The molecule has 0 aromatic rings. The second-order valence-corrected chi connectivity index (χ2v) is 18.6. The fraction of sp³-hybridized carbons (Fsp3) is 0.842. The molecular formula is C38H46F6O12. The van der Waals surface area contributed by atoms with Gasteiger partial charge in [-0.25, -0.2) is 14.0 Å². The summed E-state index contributed by atoms with van der Waals surface area (Å²) >= 11 is 0. The lowest BCUT2D eigenvalue weighted by molar-refractivity contribution is -0.231. The van der Waals surface area contributed by atoms with Gasteiger partial charge < -0.3 is 28.4 Å². The number of fused-ring (bicyclic) bond motifs is 3. The molecule has 9 aliphatic rings. The van der Waals surface area contributed by atoms with Crippen LogP contribution in [0.1, 0.15) is 80.6 Å². The minimum absolute atomic E-state index is 0.000649. The summed E-state index contributed by atoms with van der Waals surface area (Å²) in [5.41, 5.74) is -4.93. The Bertz CT molecular complexity index is 1700. The number of esters is 6. The largest absolute Gasteiger partial charge is 0.458 e. The summed E-state index contributed by atoms with van der Waals surface area (Å²) in [6.45, 7) is 8.28. The highest BCUT2D eigenvalue weighted by Gasteiger charge is 2.72. The van der Waals surface area contributed by atoms with E-state index in [0.29, 0.717) is 32.6 Å². The third kappa shape index (κ3) is 6.33. The maximum Gasteiger partial charge on any atom is 0.404 e. The zero-order valence-corrected chi connectivity index (χ0v) is 31.9. The van der Waals surface area contributed by atoms with E-state index in [0.717, 1.165) is 20.3 Å². The molecule has 9 rings (SSSR count). The second-order valence-electron chi connectivity index (χ2n) is 18.6. The first-order valence-corrected chi connectivity index (χ1v) is 19.0. The Labute approximate surface area is 318 Å². The second kappa shape index (κ2) is 13.0. The summed E-state index contributed by atoms with van der Waals surface area (Å²) < 4.78 is 109. The first-order chi connectivity index (χ1) is 25.6. The Morgan fingerprint density at radius 2 is 1.02 bits per heavy atom. The Balaban J connectivity index is 0.000000129. The van der Waals surface area contributed by atoms with Gasteiger partial charge in [-0.15, -0.1) is 0 Å². The lowest BCUT2D eigenvalue weighted by atomic mass is 9.68. The van der Waals surface area contributed by atoms with Crippen molar-refractivity contribution in [3.05, 3.63) is 0 Å². The Morgan fingerprint density at radius 1 is 0.589 bits per heavy atom. The van der Waals surface area contributed by atoms with Crippen molar-refractivity contribution in [3.8, 4) is 0 Å². The van der Waals surface area contributed by atoms with Crippen LogP contribution in [0.15, 0.2) is 0 Å². The van der Waals surface area contributed by atoms with Crippen molar-refractivity contribution in [1.29, 1.82) is 0 Å². The molecular weight excluding hydrogens is 762 g/mol. The van der Waals surface area contributed by atoms with Crippen molar-refractivity contribution in [3.63, 3.8) is 0 Å². The maximum absolute atomic E-state index is 13.4. The molecule has 0 radical (unpaired) electrons. The Kier molecular flexibility index (Phi) is 9.39. The van der Waals surface area contributed by atoms with E-state index >= 15 is 0 Å². The molecule has 6 saturated carbocycles. The van der Waals surface area contributed by atoms with Crippen LogP contribution in [0.4, 0.5) is 26.3 Å². The zero-order chi connectivity index (χ0) is 41.4. The van der Waals surface area contributed by atoms with Crippen molar-refractivity contribution in [2.24, 2.45) is 64.1 Å². The molecule has 3 heterocycles. The number of hydrogen-bond donors (Lipinski definition) is 0. The van der Waals surface area contributed by atoms with Crippen LogP contribution < -0.4 is 0 Å². The molecule has 12 nitrogen and oxygen atoms in total. The molecule has 0 amide bonds. The molecule has 15 atom stereocenters. The normalized spacial score (nSPS) is 41.3. The molecule has 0 N–H and O–H groups in total. The quantitative estimate of drug-likeness (QED) is 0.200. The molecule has 6 bridgehead atoms. The molecule has 0 aromatic carbocycles. The molecule has 3 saturated heterocycles. The fourth-order valence-electron chi connectivity index (χ4n) is 10.9. The van der Waals surface area contributed by atoms with Crippen molar-refractivity contribution < 1.29 is 83.5 Å². The summed E-state index contributed by atoms with van der Waals surface area (Å²) in [4.78, 5) is 69.5. The summed E-state index contributed by atoms with van der Waals surface area (Å²) in [7, 11) is 0. The monoisotopic (exact) mass is 808 g/mol. The van der Waals surface area contributed by atoms with Gasteiger partial charge >= 0.3 is 47.9 Å². The number of hydrogen-bond acceptors (Lipinski definition) is 12. The average Bonchev–Trinajstić information content (AvgIpc) is 3.92. The number of carbonyl (C=O) groups is 6. The summed E-state index contributed by atoms with van der Waals surface area (Å²) in [6, 6.07) is 0. The third-order valence-corrected chi connectivity index (χ3v) is 14.0. The van der Waals surface area contributed by atoms with E-state index in [9.17, 15) is 55.1 Å². The van der Waals surface area contributed by atoms with Crippen LogP contribution >= 0.6 is 0 Å². The van der Waals surface area contributed by atoms with Crippen molar-refractivity contribution in [1.82, 2.24) is 0 Å². The van der Waals surface area contributed by atoms with Gasteiger partial charge in [-0.1, -0.05) is 13.8 Å². The van der Waals surface area contributed by atoms with E-state index in [1.54, 1.807) is 0 Å². The van der Waals surface area contributed by atoms with Crippen LogP contribution in [0.3, 0.4) is 0 Å². The predicted octanol–water partition coefficient (Wildman–Crippen LogP) is 5.07. The number of carbonyl (C=O) groups excluding carboxylic acids is 6. The van der Waals surface area contributed by atoms with Gasteiger partial charge in [-0.3, -0.25) is 19.2 Å². The van der Waals surface area contributed by atoms with E-state index < -0.39 is 71.6 Å². The van der Waals surface area contributed by atoms with Crippen LogP contribution in [0.2, 0.25) is 0 Å². The van der Waals surface area contributed by atoms with Crippen LogP contribution in [0.5, 0.6) is 0 Å². The molecule has 15 unspecified atom stereocenters. The zero-order valence-electron chi connectivity index (χ0n) is 31.9. The minimum atomic E-state index is -4.67. The van der Waals surface area contributed by atoms with E-state index in [1.807, 2.05) is 13.8 Å². The Hall–Kier alpha value is -3.60. The lowest BCUT2D eigenvalue weighted by Crippen LogP contribution is -2.46. The van der Waals surface area contributed by atoms with Crippen LogP contribution in [-0.4, -0.2) is 90.2 Å². The van der Waals surface area contributed by atoms with Crippen LogP contribution in [0, 0.1) is 64.1 Å². The lowest BCUT2D eigenvalue weighted by Gasteiger charge is -2.37. The Morgan fingerprint density at radius 3 is 1.46 bits per heavy atom. The molecule has 18 heteroatoms. The number of rotatable bonds is 6. The summed E-state index contributed by atoms with van der Waals surface area (Å²) in [6.07, 6.45) is -4.51. The van der Waals surface area contributed by atoms with Crippen molar-refractivity contribution in [2.75, 3.05) is 0 Å². The van der Waals surface area contributed by atoms with Crippen LogP contribution in [0.25, 0.3) is 0 Å². The average molecular weight is 809 g/mol. The molecule has 312 valence electrons. The van der Waals surface area contributed by atoms with Gasteiger partial charge in [0.05, 0.1) is 17.8 Å². The molecule has 0 spiro atoms. The van der Waals surface area contributed by atoms with E-state index in [1.165, 1.54) is 13.8 Å². The van der Waals surface area contributed by atoms with Gasteiger partial charge in [-0.2, -0.15) is 22.0 Å².